The number of fused-ring (bicyclic) bond motifs is 1. The fourth-order valence-electron chi connectivity index (χ4n) is 2.30. The molecule has 1 aromatic heterocycles. The quantitative estimate of drug-likeness (QED) is 0.510. The van der Waals surface area contributed by atoms with Crippen LogP contribution in [0.3, 0.4) is 0 Å². The van der Waals surface area contributed by atoms with Crippen molar-refractivity contribution in [3.8, 4) is 0 Å². The van der Waals surface area contributed by atoms with Crippen LogP contribution < -0.4 is 0 Å². The van der Waals surface area contributed by atoms with Gasteiger partial charge in [-0.1, -0.05) is 42.1 Å². The van der Waals surface area contributed by atoms with E-state index in [1.807, 2.05) is 6.07 Å². The van der Waals surface area contributed by atoms with Crippen molar-refractivity contribution in [3.63, 3.8) is 0 Å². The van der Waals surface area contributed by atoms with Crippen LogP contribution in [-0.2, 0) is 5.75 Å². The highest BCUT2D eigenvalue weighted by Gasteiger charge is 2.07. The molecule has 0 amide bonds. The Bertz CT molecular complexity index is 782. The Kier molecular flexibility index (Phi) is 3.93. The maximum atomic E-state index is 4.70. The Morgan fingerprint density at radius 2 is 1.62 bits per heavy atom. The van der Waals surface area contributed by atoms with Crippen LogP contribution in [0.5, 0.6) is 0 Å². The van der Waals surface area contributed by atoms with E-state index in [0.717, 1.165) is 27.5 Å². The van der Waals surface area contributed by atoms with Gasteiger partial charge in [0, 0.05) is 16.8 Å². The van der Waals surface area contributed by atoms with Gasteiger partial charge in [0.25, 0.3) is 0 Å². The first-order chi connectivity index (χ1) is 10.1. The zero-order valence-electron chi connectivity index (χ0n) is 12.6. The van der Waals surface area contributed by atoms with E-state index in [9.17, 15) is 0 Å². The predicted molar refractivity (Wildman–Crippen MR) is 89.8 cm³/mol. The molecule has 0 N–H and O–H groups in total. The van der Waals surface area contributed by atoms with Gasteiger partial charge in [0.05, 0.1) is 5.52 Å². The number of aromatic nitrogens is 2. The first-order valence-electron chi connectivity index (χ1n) is 7.06. The minimum atomic E-state index is 0.854. The van der Waals surface area contributed by atoms with E-state index in [1.54, 1.807) is 11.8 Å². The number of aryl methyl sites for hydroxylation is 3. The SMILES string of the molecule is Cc1cc2nc(SCc3ccccc3)nc(C)c2cc1C. The highest BCUT2D eigenvalue weighted by Crippen LogP contribution is 2.25. The average molecular weight is 294 g/mol. The summed E-state index contributed by atoms with van der Waals surface area (Å²) in [5.41, 5.74) is 5.96. The number of benzene rings is 2. The molecule has 0 aliphatic rings. The molecule has 0 aliphatic heterocycles. The van der Waals surface area contributed by atoms with Crippen molar-refractivity contribution in [2.45, 2.75) is 31.7 Å². The van der Waals surface area contributed by atoms with Gasteiger partial charge in [-0.3, -0.25) is 0 Å². The van der Waals surface area contributed by atoms with Crippen molar-refractivity contribution < 1.29 is 0 Å². The third-order valence-corrected chi connectivity index (χ3v) is 4.61. The lowest BCUT2D eigenvalue weighted by Crippen LogP contribution is -1.95. The minimum absolute atomic E-state index is 0.854. The van der Waals surface area contributed by atoms with Crippen LogP contribution in [0.1, 0.15) is 22.4 Å². The molecule has 0 saturated heterocycles. The van der Waals surface area contributed by atoms with E-state index >= 15 is 0 Å². The standard InChI is InChI=1S/C18H18N2S/c1-12-9-16-14(3)19-18(20-17(16)10-13(12)2)21-11-15-7-5-4-6-8-15/h4-10H,11H2,1-3H3. The molecule has 0 saturated carbocycles. The maximum absolute atomic E-state index is 4.70. The Morgan fingerprint density at radius 3 is 2.38 bits per heavy atom. The van der Waals surface area contributed by atoms with Gasteiger partial charge < -0.3 is 0 Å². The molecular formula is C18H18N2S. The molecule has 0 spiro atoms. The number of nitrogens with zero attached hydrogens (tertiary/aromatic N) is 2. The van der Waals surface area contributed by atoms with E-state index in [1.165, 1.54) is 16.7 Å². The molecule has 0 aliphatic carbocycles. The first kappa shape index (κ1) is 14.1. The average Bonchev–Trinajstić information content (AvgIpc) is 2.48. The van der Waals surface area contributed by atoms with Gasteiger partial charge in [0.2, 0.25) is 0 Å². The highest BCUT2D eigenvalue weighted by atomic mass is 32.2. The molecule has 0 fully saturated rings. The summed E-state index contributed by atoms with van der Waals surface area (Å²) in [4.78, 5) is 9.34. The van der Waals surface area contributed by atoms with Crippen molar-refractivity contribution in [3.05, 3.63) is 64.8 Å². The molecule has 2 aromatic carbocycles. The topological polar surface area (TPSA) is 25.8 Å². The number of hydrogen-bond donors (Lipinski definition) is 0. The van der Waals surface area contributed by atoms with E-state index in [-0.39, 0.29) is 0 Å². The van der Waals surface area contributed by atoms with E-state index in [0.29, 0.717) is 0 Å². The van der Waals surface area contributed by atoms with Crippen LogP contribution in [0.25, 0.3) is 10.9 Å². The summed E-state index contributed by atoms with van der Waals surface area (Å²) >= 11 is 1.69. The first-order valence-corrected chi connectivity index (χ1v) is 8.04. The van der Waals surface area contributed by atoms with Crippen molar-refractivity contribution >= 4 is 22.7 Å². The second-order valence-corrected chi connectivity index (χ2v) is 6.26. The van der Waals surface area contributed by atoms with E-state index < -0.39 is 0 Å². The minimum Gasteiger partial charge on any atom is -0.227 e. The lowest BCUT2D eigenvalue weighted by atomic mass is 10.1. The summed E-state index contributed by atoms with van der Waals surface area (Å²) in [6, 6.07) is 14.8. The van der Waals surface area contributed by atoms with Crippen LogP contribution in [0.4, 0.5) is 0 Å². The summed E-state index contributed by atoms with van der Waals surface area (Å²) < 4.78 is 0. The molecule has 0 atom stereocenters. The predicted octanol–water partition coefficient (Wildman–Crippen LogP) is 4.85. The van der Waals surface area contributed by atoms with Crippen molar-refractivity contribution in [1.29, 1.82) is 0 Å². The molecule has 3 aromatic rings. The summed E-state index contributed by atoms with van der Waals surface area (Å²) in [5, 5.41) is 2.01. The molecule has 21 heavy (non-hydrogen) atoms. The fourth-order valence-corrected chi connectivity index (χ4v) is 3.15. The summed E-state index contributed by atoms with van der Waals surface area (Å²) in [6.45, 7) is 6.32. The van der Waals surface area contributed by atoms with Gasteiger partial charge in [0.15, 0.2) is 5.16 Å². The maximum Gasteiger partial charge on any atom is 0.188 e. The Hall–Kier alpha value is -1.87. The molecule has 0 unspecified atom stereocenters. The largest absolute Gasteiger partial charge is 0.227 e. The highest BCUT2D eigenvalue weighted by molar-refractivity contribution is 7.98. The van der Waals surface area contributed by atoms with E-state index in [2.05, 4.69) is 62.2 Å². The smallest absolute Gasteiger partial charge is 0.188 e. The van der Waals surface area contributed by atoms with Gasteiger partial charge in [-0.15, -0.1) is 0 Å². The van der Waals surface area contributed by atoms with Crippen molar-refractivity contribution in [1.82, 2.24) is 9.97 Å². The van der Waals surface area contributed by atoms with Gasteiger partial charge in [-0.05, 0) is 49.6 Å². The zero-order chi connectivity index (χ0) is 14.8. The lowest BCUT2D eigenvalue weighted by Gasteiger charge is -2.08. The lowest BCUT2D eigenvalue weighted by molar-refractivity contribution is 0.967. The van der Waals surface area contributed by atoms with Crippen molar-refractivity contribution in [2.75, 3.05) is 0 Å². The van der Waals surface area contributed by atoms with E-state index in [4.69, 9.17) is 4.98 Å². The number of rotatable bonds is 3. The molecule has 2 nitrogen and oxygen atoms in total. The van der Waals surface area contributed by atoms with Crippen LogP contribution >= 0.6 is 11.8 Å². The van der Waals surface area contributed by atoms with Gasteiger partial charge in [-0.2, -0.15) is 0 Å². The molecule has 1 heterocycles. The second-order valence-electron chi connectivity index (χ2n) is 5.32. The normalized spacial score (nSPS) is 11.0. The van der Waals surface area contributed by atoms with Crippen LogP contribution in [0.2, 0.25) is 0 Å². The Balaban J connectivity index is 1.91. The van der Waals surface area contributed by atoms with Crippen LogP contribution in [-0.4, -0.2) is 9.97 Å². The third kappa shape index (κ3) is 3.08. The van der Waals surface area contributed by atoms with Gasteiger partial charge >= 0.3 is 0 Å². The second kappa shape index (κ2) is 5.86. The summed E-state index contributed by atoms with van der Waals surface area (Å²) in [7, 11) is 0. The van der Waals surface area contributed by atoms with Gasteiger partial charge in [-0.25, -0.2) is 9.97 Å². The van der Waals surface area contributed by atoms with Gasteiger partial charge in [0.1, 0.15) is 0 Å². The summed E-state index contributed by atoms with van der Waals surface area (Å²) in [5.74, 6) is 0.899. The molecule has 0 bridgehead atoms. The molecule has 106 valence electrons. The third-order valence-electron chi connectivity index (χ3n) is 3.69. The zero-order valence-corrected chi connectivity index (χ0v) is 13.4. The van der Waals surface area contributed by atoms with Crippen LogP contribution in [0, 0.1) is 20.8 Å². The molecule has 0 radical (unpaired) electrons. The van der Waals surface area contributed by atoms with Crippen LogP contribution in [0.15, 0.2) is 47.6 Å². The fraction of sp³-hybridized carbons (Fsp3) is 0.222. The van der Waals surface area contributed by atoms with Crippen molar-refractivity contribution in [2.24, 2.45) is 0 Å². The molecule has 3 rings (SSSR count). The number of hydrogen-bond acceptors (Lipinski definition) is 3. The Labute approximate surface area is 129 Å². The number of thioether (sulfide) groups is 1. The monoisotopic (exact) mass is 294 g/mol. The molecular weight excluding hydrogens is 276 g/mol. The molecule has 3 heteroatoms. The summed E-state index contributed by atoms with van der Waals surface area (Å²) in [6.07, 6.45) is 0. The Morgan fingerprint density at radius 1 is 0.905 bits per heavy atom.